The second kappa shape index (κ2) is 5.62. The molecule has 0 saturated carbocycles. The first kappa shape index (κ1) is 13.4. The van der Waals surface area contributed by atoms with Crippen molar-refractivity contribution in [1.29, 1.82) is 0 Å². The number of hydrogen-bond acceptors (Lipinski definition) is 5. The number of hydrogen-bond donors (Lipinski definition) is 1. The van der Waals surface area contributed by atoms with Crippen molar-refractivity contribution in [2.75, 3.05) is 12.8 Å². The number of azide groups is 1. The predicted molar refractivity (Wildman–Crippen MR) is 62.9 cm³/mol. The lowest BCUT2D eigenvalue weighted by molar-refractivity contribution is 0.597. The molecule has 1 atom stereocenters. The van der Waals surface area contributed by atoms with Crippen molar-refractivity contribution in [2.45, 2.75) is 17.5 Å². The standard InChI is InChI=1S/C9H13N5O2S/c1-17(15,16)9-6-7(2-4-12-9)8(10)3-5-13-14-11/h2,4,6,8H,3,5,10H2,1H3/t8-/m0/s1. The van der Waals surface area contributed by atoms with Crippen LogP contribution < -0.4 is 5.73 Å². The zero-order chi connectivity index (χ0) is 12.9. The molecule has 0 bridgehead atoms. The van der Waals surface area contributed by atoms with Crippen LogP contribution in [0.3, 0.4) is 0 Å². The Bertz CT molecular complexity index is 536. The molecule has 1 aromatic rings. The number of nitrogens with two attached hydrogens (primary N) is 1. The van der Waals surface area contributed by atoms with E-state index in [1.807, 2.05) is 0 Å². The van der Waals surface area contributed by atoms with Gasteiger partial charge in [0, 0.05) is 30.0 Å². The number of pyridine rings is 1. The minimum Gasteiger partial charge on any atom is -0.324 e. The van der Waals surface area contributed by atoms with E-state index in [9.17, 15) is 8.42 Å². The Morgan fingerprint density at radius 1 is 1.65 bits per heavy atom. The normalized spacial score (nSPS) is 12.8. The summed E-state index contributed by atoms with van der Waals surface area (Å²) in [6.45, 7) is 0.272. The average Bonchev–Trinajstić information content (AvgIpc) is 2.28. The molecule has 0 aliphatic rings. The first-order chi connectivity index (χ1) is 7.95. The molecule has 0 aliphatic heterocycles. The minimum atomic E-state index is -3.33. The van der Waals surface area contributed by atoms with Crippen LogP contribution in [-0.2, 0) is 9.84 Å². The molecule has 0 spiro atoms. The van der Waals surface area contributed by atoms with Gasteiger partial charge in [0.05, 0.1) is 0 Å². The van der Waals surface area contributed by atoms with Gasteiger partial charge in [-0.25, -0.2) is 13.4 Å². The summed E-state index contributed by atoms with van der Waals surface area (Å²) in [6.07, 6.45) is 2.95. The van der Waals surface area contributed by atoms with Gasteiger partial charge >= 0.3 is 0 Å². The monoisotopic (exact) mass is 255 g/mol. The van der Waals surface area contributed by atoms with Gasteiger partial charge in [-0.3, -0.25) is 0 Å². The molecule has 0 radical (unpaired) electrons. The Labute approximate surface area is 99.2 Å². The Morgan fingerprint density at radius 2 is 2.35 bits per heavy atom. The van der Waals surface area contributed by atoms with Crippen molar-refractivity contribution >= 4 is 9.84 Å². The molecule has 1 heterocycles. The van der Waals surface area contributed by atoms with Crippen molar-refractivity contribution < 1.29 is 8.42 Å². The van der Waals surface area contributed by atoms with Gasteiger partial charge in [-0.15, -0.1) is 0 Å². The lowest BCUT2D eigenvalue weighted by Crippen LogP contribution is -2.12. The Hall–Kier alpha value is -1.63. The Balaban J connectivity index is 2.88. The maximum Gasteiger partial charge on any atom is 0.192 e. The largest absolute Gasteiger partial charge is 0.324 e. The maximum atomic E-state index is 11.3. The van der Waals surface area contributed by atoms with Crippen molar-refractivity contribution in [3.8, 4) is 0 Å². The van der Waals surface area contributed by atoms with Crippen molar-refractivity contribution in [2.24, 2.45) is 10.8 Å². The second-order valence-electron chi connectivity index (χ2n) is 3.55. The fourth-order valence-corrected chi connectivity index (χ4v) is 1.87. The highest BCUT2D eigenvalue weighted by molar-refractivity contribution is 7.90. The van der Waals surface area contributed by atoms with Crippen molar-refractivity contribution in [3.05, 3.63) is 34.3 Å². The fraction of sp³-hybridized carbons (Fsp3) is 0.444. The molecule has 0 amide bonds. The van der Waals surface area contributed by atoms with E-state index in [1.54, 1.807) is 6.07 Å². The molecule has 0 saturated heterocycles. The molecule has 1 rings (SSSR count). The van der Waals surface area contributed by atoms with E-state index in [0.29, 0.717) is 12.0 Å². The first-order valence-electron chi connectivity index (χ1n) is 4.87. The van der Waals surface area contributed by atoms with Gasteiger partial charge in [-0.2, -0.15) is 0 Å². The van der Waals surface area contributed by atoms with Crippen LogP contribution in [0, 0.1) is 0 Å². The molecule has 92 valence electrons. The highest BCUT2D eigenvalue weighted by Gasteiger charge is 2.12. The first-order valence-corrected chi connectivity index (χ1v) is 6.76. The van der Waals surface area contributed by atoms with Crippen LogP contribution in [-0.4, -0.2) is 26.2 Å². The second-order valence-corrected chi connectivity index (χ2v) is 5.51. The van der Waals surface area contributed by atoms with Crippen LogP contribution in [0.25, 0.3) is 10.4 Å². The zero-order valence-electron chi connectivity index (χ0n) is 9.31. The van der Waals surface area contributed by atoms with Crippen LogP contribution in [0.5, 0.6) is 0 Å². The molecule has 2 N–H and O–H groups in total. The van der Waals surface area contributed by atoms with Crippen molar-refractivity contribution in [3.63, 3.8) is 0 Å². The summed E-state index contributed by atoms with van der Waals surface area (Å²) in [6, 6.07) is 2.72. The molecule has 0 fully saturated rings. The number of sulfone groups is 1. The summed E-state index contributed by atoms with van der Waals surface area (Å²) >= 11 is 0. The summed E-state index contributed by atoms with van der Waals surface area (Å²) in [5.41, 5.74) is 14.6. The molecule has 8 heteroatoms. The van der Waals surface area contributed by atoms with Gasteiger partial charge in [-0.05, 0) is 29.6 Å². The van der Waals surface area contributed by atoms with E-state index in [4.69, 9.17) is 11.3 Å². The van der Waals surface area contributed by atoms with Crippen LogP contribution in [0.15, 0.2) is 28.5 Å². The van der Waals surface area contributed by atoms with Crippen LogP contribution in [0.2, 0.25) is 0 Å². The third-order valence-electron chi connectivity index (χ3n) is 2.17. The average molecular weight is 255 g/mol. The van der Waals surface area contributed by atoms with Gasteiger partial charge in [0.2, 0.25) is 0 Å². The van der Waals surface area contributed by atoms with E-state index in [1.165, 1.54) is 12.3 Å². The van der Waals surface area contributed by atoms with Gasteiger partial charge in [-0.1, -0.05) is 5.11 Å². The Morgan fingerprint density at radius 3 is 2.94 bits per heavy atom. The Kier molecular flexibility index (Phi) is 4.45. The topological polar surface area (TPSA) is 122 Å². The van der Waals surface area contributed by atoms with E-state index in [2.05, 4.69) is 15.0 Å². The highest BCUT2D eigenvalue weighted by atomic mass is 32.2. The summed E-state index contributed by atoms with van der Waals surface area (Å²) in [5, 5.41) is 3.37. The molecule has 0 aliphatic carbocycles. The molecule has 0 unspecified atom stereocenters. The summed E-state index contributed by atoms with van der Waals surface area (Å²) < 4.78 is 22.6. The third-order valence-corrected chi connectivity index (χ3v) is 3.15. The molecular formula is C9H13N5O2S. The van der Waals surface area contributed by atoms with Gasteiger partial charge in [0.25, 0.3) is 0 Å². The van der Waals surface area contributed by atoms with Gasteiger partial charge in [0.15, 0.2) is 14.9 Å². The summed E-state index contributed by atoms with van der Waals surface area (Å²) in [4.78, 5) is 6.38. The molecular weight excluding hydrogens is 242 g/mol. The van der Waals surface area contributed by atoms with Crippen LogP contribution in [0.4, 0.5) is 0 Å². The highest BCUT2D eigenvalue weighted by Crippen LogP contribution is 2.16. The molecule has 7 nitrogen and oxygen atoms in total. The predicted octanol–water partition coefficient (Wildman–Crippen LogP) is 1.19. The van der Waals surface area contributed by atoms with Crippen LogP contribution >= 0.6 is 0 Å². The SMILES string of the molecule is CS(=O)(=O)c1cc([C@@H](N)CCN=[N+]=[N-])ccn1. The minimum absolute atomic E-state index is 0.00534. The fourth-order valence-electron chi connectivity index (χ4n) is 1.27. The lowest BCUT2D eigenvalue weighted by Gasteiger charge is -2.10. The number of nitrogens with zero attached hydrogens (tertiary/aromatic N) is 4. The molecule has 17 heavy (non-hydrogen) atoms. The third kappa shape index (κ3) is 4.03. The smallest absolute Gasteiger partial charge is 0.192 e. The molecule has 0 aromatic carbocycles. The van der Waals surface area contributed by atoms with Gasteiger partial charge < -0.3 is 5.73 Å². The van der Waals surface area contributed by atoms with Gasteiger partial charge in [0.1, 0.15) is 0 Å². The molecule has 1 aromatic heterocycles. The van der Waals surface area contributed by atoms with E-state index in [0.717, 1.165) is 6.26 Å². The maximum absolute atomic E-state index is 11.3. The zero-order valence-corrected chi connectivity index (χ0v) is 10.1. The summed E-state index contributed by atoms with van der Waals surface area (Å²) in [5.74, 6) is 0. The van der Waals surface area contributed by atoms with E-state index in [-0.39, 0.29) is 17.6 Å². The van der Waals surface area contributed by atoms with Crippen LogP contribution in [0.1, 0.15) is 18.0 Å². The van der Waals surface area contributed by atoms with Crippen molar-refractivity contribution in [1.82, 2.24) is 4.98 Å². The van der Waals surface area contributed by atoms with E-state index >= 15 is 0 Å². The quantitative estimate of drug-likeness (QED) is 0.482. The summed E-state index contributed by atoms with van der Waals surface area (Å²) in [7, 11) is -3.33. The van der Waals surface area contributed by atoms with E-state index < -0.39 is 9.84 Å². The number of aromatic nitrogens is 1. The lowest BCUT2D eigenvalue weighted by atomic mass is 10.1. The number of rotatable bonds is 5.